The van der Waals surface area contributed by atoms with Crippen molar-refractivity contribution in [2.75, 3.05) is 0 Å². The molecule has 0 amide bonds. The minimum Gasteiger partial charge on any atom is -0.290 e. The molecule has 1 unspecified atom stereocenters. The third kappa shape index (κ3) is 3.92. The lowest BCUT2D eigenvalue weighted by molar-refractivity contribution is 0.0998. The van der Waals surface area contributed by atoms with Gasteiger partial charge in [-0.05, 0) is 23.8 Å². The fourth-order valence-corrected chi connectivity index (χ4v) is 3.35. The fraction of sp³-hybridized carbons (Fsp3) is 0.0714. The number of alkyl halides is 2. The third-order valence-corrected chi connectivity index (χ3v) is 5.14. The van der Waals surface area contributed by atoms with Crippen LogP contribution in [-0.4, -0.2) is 9.86 Å². The molecule has 8 heteroatoms. The molecule has 0 aromatic heterocycles. The molecule has 2 aromatic rings. The van der Waals surface area contributed by atoms with Crippen molar-refractivity contribution < 1.29 is 4.79 Å². The molecule has 0 fully saturated rings. The van der Waals surface area contributed by atoms with E-state index in [-0.39, 0.29) is 20.6 Å². The standard InChI is InChI=1S/C14H7BrCl5OP/c15-7-3-1-6(2-4-7)10-9(16)5-8(11(17)12(10)18)13(21)14(19,20)22/h1-5H,22H2. The molecule has 0 saturated carbocycles. The Bertz CT molecular complexity index is 740. The maximum Gasteiger partial charge on any atom is 0.204 e. The van der Waals surface area contributed by atoms with Crippen LogP contribution in [0, 0.1) is 0 Å². The minimum atomic E-state index is -1.70. The molecule has 0 heterocycles. The lowest BCUT2D eigenvalue weighted by atomic mass is 10.0. The van der Waals surface area contributed by atoms with Gasteiger partial charge in [0.05, 0.1) is 15.1 Å². The molecule has 2 rings (SSSR count). The van der Waals surface area contributed by atoms with Crippen LogP contribution in [0.5, 0.6) is 0 Å². The molecule has 1 nitrogen and oxygen atoms in total. The highest BCUT2D eigenvalue weighted by atomic mass is 79.9. The van der Waals surface area contributed by atoms with Gasteiger partial charge in [-0.25, -0.2) is 0 Å². The van der Waals surface area contributed by atoms with E-state index >= 15 is 0 Å². The van der Waals surface area contributed by atoms with E-state index in [0.29, 0.717) is 5.56 Å². The van der Waals surface area contributed by atoms with Gasteiger partial charge in [-0.15, -0.1) is 0 Å². The van der Waals surface area contributed by atoms with Gasteiger partial charge in [0.25, 0.3) is 0 Å². The highest BCUT2D eigenvalue weighted by molar-refractivity contribution is 9.10. The van der Waals surface area contributed by atoms with Gasteiger partial charge in [0, 0.05) is 15.6 Å². The van der Waals surface area contributed by atoms with Crippen molar-refractivity contribution in [3.05, 3.63) is 55.4 Å². The van der Waals surface area contributed by atoms with E-state index in [1.807, 2.05) is 33.5 Å². The lowest BCUT2D eigenvalue weighted by Gasteiger charge is -2.16. The van der Waals surface area contributed by atoms with Crippen molar-refractivity contribution in [3.8, 4) is 11.1 Å². The Kier molecular flexibility index (Phi) is 6.11. The summed E-state index contributed by atoms with van der Waals surface area (Å²) in [5.74, 6) is -0.600. The summed E-state index contributed by atoms with van der Waals surface area (Å²) in [4.78, 5) is 12.2. The summed E-state index contributed by atoms with van der Waals surface area (Å²) < 4.78 is -0.784. The number of rotatable bonds is 3. The highest BCUT2D eigenvalue weighted by Crippen LogP contribution is 2.44. The van der Waals surface area contributed by atoms with Crippen LogP contribution in [0.4, 0.5) is 0 Å². The summed E-state index contributed by atoms with van der Waals surface area (Å²) in [5, 5.41) is 0.507. The molecule has 2 aromatic carbocycles. The molecule has 0 aliphatic rings. The first kappa shape index (κ1) is 18.8. The highest BCUT2D eigenvalue weighted by Gasteiger charge is 2.32. The Morgan fingerprint density at radius 2 is 1.59 bits per heavy atom. The molecule has 0 bridgehead atoms. The first-order chi connectivity index (χ1) is 10.1. The largest absolute Gasteiger partial charge is 0.290 e. The second-order valence-corrected chi connectivity index (χ2v) is 9.43. The van der Waals surface area contributed by atoms with Gasteiger partial charge in [-0.1, -0.05) is 95.3 Å². The smallest absolute Gasteiger partial charge is 0.204 e. The van der Waals surface area contributed by atoms with Crippen LogP contribution in [0.2, 0.25) is 15.1 Å². The predicted molar refractivity (Wildman–Crippen MR) is 103 cm³/mol. The van der Waals surface area contributed by atoms with Gasteiger partial charge in [0.1, 0.15) is 0 Å². The number of halogens is 6. The average molecular weight is 479 g/mol. The number of carbonyl (C=O) groups excluding carboxylic acids is 1. The van der Waals surface area contributed by atoms with Crippen LogP contribution in [0.3, 0.4) is 0 Å². The zero-order chi connectivity index (χ0) is 16.7. The first-order valence-electron chi connectivity index (χ1n) is 5.78. The predicted octanol–water partition coefficient (Wildman–Crippen LogP) is 7.27. The normalized spacial score (nSPS) is 11.6. The van der Waals surface area contributed by atoms with Gasteiger partial charge < -0.3 is 0 Å². The summed E-state index contributed by atoms with van der Waals surface area (Å²) >= 11 is 33.7. The first-order valence-corrected chi connectivity index (χ1v) is 9.04. The Hall–Kier alpha value is 0.470. The van der Waals surface area contributed by atoms with Gasteiger partial charge in [-0.3, -0.25) is 4.79 Å². The second-order valence-electron chi connectivity index (χ2n) is 4.37. The average Bonchev–Trinajstić information content (AvgIpc) is 2.43. The molecule has 0 aliphatic heterocycles. The molecule has 0 aliphatic carbocycles. The quantitative estimate of drug-likeness (QED) is 0.196. The topological polar surface area (TPSA) is 17.1 Å². The van der Waals surface area contributed by atoms with Gasteiger partial charge in [-0.2, -0.15) is 0 Å². The molecule has 0 radical (unpaired) electrons. The van der Waals surface area contributed by atoms with E-state index in [0.717, 1.165) is 10.0 Å². The summed E-state index contributed by atoms with van der Waals surface area (Å²) in [6.07, 6.45) is 0. The molecule has 116 valence electrons. The molecule has 0 spiro atoms. The zero-order valence-electron chi connectivity index (χ0n) is 10.6. The summed E-state index contributed by atoms with van der Waals surface area (Å²) in [6, 6.07) is 8.77. The number of hydrogen-bond acceptors (Lipinski definition) is 1. The summed E-state index contributed by atoms with van der Waals surface area (Å²) in [7, 11) is 2.03. The van der Waals surface area contributed by atoms with Crippen LogP contribution in [0.1, 0.15) is 10.4 Å². The summed E-state index contributed by atoms with van der Waals surface area (Å²) in [5.41, 5.74) is 1.38. The van der Waals surface area contributed by atoms with E-state index in [1.54, 1.807) is 0 Å². The van der Waals surface area contributed by atoms with Gasteiger partial charge in [0.15, 0.2) is 4.07 Å². The van der Waals surface area contributed by atoms with E-state index in [9.17, 15) is 4.79 Å². The van der Waals surface area contributed by atoms with Crippen molar-refractivity contribution in [1.29, 1.82) is 0 Å². The Balaban J connectivity index is 2.64. The van der Waals surface area contributed by atoms with Crippen LogP contribution in [0.15, 0.2) is 34.8 Å². The molecule has 22 heavy (non-hydrogen) atoms. The number of hydrogen-bond donors (Lipinski definition) is 0. The maximum atomic E-state index is 12.2. The summed E-state index contributed by atoms with van der Waals surface area (Å²) in [6.45, 7) is 0. The monoisotopic (exact) mass is 476 g/mol. The van der Waals surface area contributed by atoms with E-state index in [2.05, 4.69) is 15.9 Å². The Morgan fingerprint density at radius 1 is 1.05 bits per heavy atom. The number of ketones is 1. The number of Topliss-reactive ketones (excluding diaryl/α,β-unsaturated/α-hetero) is 1. The maximum absolute atomic E-state index is 12.2. The van der Waals surface area contributed by atoms with Crippen molar-refractivity contribution in [1.82, 2.24) is 0 Å². The number of carbonyl (C=O) groups is 1. The molecule has 1 atom stereocenters. The van der Waals surface area contributed by atoms with Crippen LogP contribution >= 0.6 is 83.2 Å². The van der Waals surface area contributed by atoms with Crippen molar-refractivity contribution >= 4 is 89.0 Å². The molecular formula is C14H7BrCl5OP. The Morgan fingerprint density at radius 3 is 2.09 bits per heavy atom. The molecule has 0 N–H and O–H groups in total. The van der Waals surface area contributed by atoms with E-state index in [1.165, 1.54) is 6.07 Å². The third-order valence-electron chi connectivity index (χ3n) is 2.84. The van der Waals surface area contributed by atoms with Gasteiger partial charge in [0.2, 0.25) is 5.78 Å². The SMILES string of the molecule is O=C(c1cc(Cl)c(-c2ccc(Br)cc2)c(Cl)c1Cl)C(P)(Cl)Cl. The Labute approximate surface area is 163 Å². The van der Waals surface area contributed by atoms with Crippen LogP contribution in [0.25, 0.3) is 11.1 Å². The fourth-order valence-electron chi connectivity index (χ4n) is 1.82. The van der Waals surface area contributed by atoms with E-state index < -0.39 is 9.86 Å². The lowest BCUT2D eigenvalue weighted by Crippen LogP contribution is -2.18. The molecular weight excluding hydrogens is 472 g/mol. The second kappa shape index (κ2) is 7.15. The van der Waals surface area contributed by atoms with Crippen LogP contribution in [-0.2, 0) is 0 Å². The number of benzene rings is 2. The minimum absolute atomic E-state index is 0.0575. The van der Waals surface area contributed by atoms with Crippen molar-refractivity contribution in [2.24, 2.45) is 0 Å². The molecule has 0 saturated heterocycles. The van der Waals surface area contributed by atoms with Crippen molar-refractivity contribution in [2.45, 2.75) is 4.07 Å². The zero-order valence-corrected chi connectivity index (χ0v) is 17.2. The van der Waals surface area contributed by atoms with Crippen molar-refractivity contribution in [3.63, 3.8) is 0 Å². The van der Waals surface area contributed by atoms with Crippen LogP contribution < -0.4 is 0 Å². The van der Waals surface area contributed by atoms with E-state index in [4.69, 9.17) is 58.0 Å². The van der Waals surface area contributed by atoms with Gasteiger partial charge >= 0.3 is 0 Å².